The van der Waals surface area contributed by atoms with Gasteiger partial charge >= 0.3 is 5.92 Å². The average molecular weight is 788 g/mol. The molecule has 2 amide bonds. The highest BCUT2D eigenvalue weighted by Crippen LogP contribution is 2.45. The van der Waals surface area contributed by atoms with Gasteiger partial charge < -0.3 is 25.6 Å². The molecule has 4 atom stereocenters. The molecule has 1 saturated carbocycles. The van der Waals surface area contributed by atoms with Crippen LogP contribution in [0, 0.1) is 11.8 Å². The molecule has 0 bridgehead atoms. The molecule has 292 valence electrons. The number of imide groups is 1. The first-order valence-electron chi connectivity index (χ1n) is 18.8. The van der Waals surface area contributed by atoms with Gasteiger partial charge in [-0.25, -0.2) is 18.7 Å². The molecule has 15 nitrogen and oxygen atoms in total. The zero-order valence-electron chi connectivity index (χ0n) is 30.9. The van der Waals surface area contributed by atoms with Crippen LogP contribution in [-0.2, 0) is 23.7 Å². The number of pyridine rings is 2. The van der Waals surface area contributed by atoms with E-state index >= 15 is 8.78 Å². The number of rotatable bonds is 7. The minimum Gasteiger partial charge on any atom is -0.480 e. The molecule has 18 heteroatoms. The minimum absolute atomic E-state index is 0.156. The van der Waals surface area contributed by atoms with Crippen LogP contribution < -0.4 is 36.5 Å². The van der Waals surface area contributed by atoms with Crippen molar-refractivity contribution in [1.82, 2.24) is 34.6 Å². The van der Waals surface area contributed by atoms with E-state index in [-0.39, 0.29) is 46.2 Å². The Morgan fingerprint density at radius 2 is 1.84 bits per heavy atom. The van der Waals surface area contributed by atoms with Gasteiger partial charge in [-0.3, -0.25) is 28.9 Å². The number of amides is 2. The van der Waals surface area contributed by atoms with Crippen molar-refractivity contribution in [2.75, 3.05) is 40.5 Å². The molecule has 5 aromatic rings. The highest BCUT2D eigenvalue weighted by Gasteiger charge is 2.51. The summed E-state index contributed by atoms with van der Waals surface area (Å²) in [5.41, 5.74) is 2.96. The highest BCUT2D eigenvalue weighted by atomic mass is 35.5. The summed E-state index contributed by atoms with van der Waals surface area (Å²) in [4.78, 5) is 53.4. The maximum absolute atomic E-state index is 15.1. The van der Waals surface area contributed by atoms with Gasteiger partial charge in [-0.1, -0.05) is 18.5 Å². The molecule has 1 aliphatic carbocycles. The monoisotopic (exact) mass is 787 g/mol. The Labute approximate surface area is 324 Å². The van der Waals surface area contributed by atoms with Crippen LogP contribution in [0.25, 0.3) is 21.9 Å². The van der Waals surface area contributed by atoms with E-state index in [1.54, 1.807) is 10.7 Å². The number of nitrogens with zero attached hydrogens (tertiary/aromatic N) is 7. The van der Waals surface area contributed by atoms with Gasteiger partial charge in [0, 0.05) is 56.1 Å². The number of aromatic nitrogens is 6. The molecule has 0 spiro atoms. The van der Waals surface area contributed by atoms with E-state index in [2.05, 4.69) is 48.2 Å². The van der Waals surface area contributed by atoms with E-state index in [0.717, 1.165) is 23.0 Å². The first-order valence-corrected chi connectivity index (χ1v) is 19.1. The maximum Gasteiger partial charge on any atom is 0.301 e. The molecule has 7 heterocycles. The van der Waals surface area contributed by atoms with Crippen molar-refractivity contribution in [1.29, 1.82) is 0 Å². The van der Waals surface area contributed by atoms with Gasteiger partial charge in [-0.05, 0) is 61.8 Å². The fraction of sp³-hybridized carbons (Fsp3) is 0.447. The number of benzene rings is 1. The smallest absolute Gasteiger partial charge is 0.301 e. The number of anilines is 5. The molecule has 4 aliphatic rings. The predicted octanol–water partition coefficient (Wildman–Crippen LogP) is 5.07. The van der Waals surface area contributed by atoms with Gasteiger partial charge in [0.05, 0.1) is 46.9 Å². The van der Waals surface area contributed by atoms with Crippen LogP contribution in [0.4, 0.5) is 37.6 Å². The van der Waals surface area contributed by atoms with Crippen molar-refractivity contribution in [3.63, 3.8) is 0 Å². The Kier molecular flexibility index (Phi) is 8.74. The van der Waals surface area contributed by atoms with Gasteiger partial charge in [0.2, 0.25) is 23.5 Å². The van der Waals surface area contributed by atoms with Crippen LogP contribution in [0.3, 0.4) is 0 Å². The van der Waals surface area contributed by atoms with Crippen LogP contribution in [0.15, 0.2) is 41.5 Å². The molecule has 3 aliphatic heterocycles. The van der Waals surface area contributed by atoms with E-state index in [0.29, 0.717) is 73.0 Å². The predicted molar refractivity (Wildman–Crippen MR) is 207 cm³/mol. The zero-order valence-corrected chi connectivity index (χ0v) is 31.7. The molecule has 9 rings (SSSR count). The summed E-state index contributed by atoms with van der Waals surface area (Å²) in [6.07, 6.45) is 5.96. The zero-order chi connectivity index (χ0) is 39.0. The third-order valence-corrected chi connectivity index (χ3v) is 11.7. The van der Waals surface area contributed by atoms with Crippen molar-refractivity contribution >= 4 is 74.2 Å². The Hall–Kier alpha value is -5.58. The lowest BCUT2D eigenvalue weighted by atomic mass is 9.92. The van der Waals surface area contributed by atoms with E-state index in [1.807, 2.05) is 25.2 Å². The molecule has 1 aromatic carbocycles. The second-order valence-corrected chi connectivity index (χ2v) is 15.8. The van der Waals surface area contributed by atoms with Gasteiger partial charge in [-0.15, -0.1) is 0 Å². The quantitative estimate of drug-likeness (QED) is 0.162. The number of ether oxygens (including phenoxy) is 1. The number of nitrogens with one attached hydrogen (secondary N) is 4. The summed E-state index contributed by atoms with van der Waals surface area (Å²) in [7, 11) is 3.38. The minimum atomic E-state index is -3.16. The van der Waals surface area contributed by atoms with Crippen LogP contribution >= 0.6 is 11.6 Å². The summed E-state index contributed by atoms with van der Waals surface area (Å²) in [6.45, 7) is 2.62. The van der Waals surface area contributed by atoms with Crippen LogP contribution in [0.2, 0.25) is 5.02 Å². The summed E-state index contributed by atoms with van der Waals surface area (Å²) >= 11 is 6.59. The first kappa shape index (κ1) is 36.1. The van der Waals surface area contributed by atoms with Crippen molar-refractivity contribution in [2.45, 2.75) is 63.0 Å². The maximum atomic E-state index is 15.1. The summed E-state index contributed by atoms with van der Waals surface area (Å²) in [5.74, 6) is -3.52. The van der Waals surface area contributed by atoms with Crippen LogP contribution in [0.5, 0.6) is 5.75 Å². The Balaban J connectivity index is 0.913. The second kappa shape index (κ2) is 13.6. The van der Waals surface area contributed by atoms with Gasteiger partial charge in [0.15, 0.2) is 12.4 Å². The summed E-state index contributed by atoms with van der Waals surface area (Å²) in [5, 5.41) is 18.6. The number of halogens is 3. The molecule has 4 aromatic heterocycles. The number of piperidine rings is 2. The van der Waals surface area contributed by atoms with Crippen LogP contribution in [0.1, 0.15) is 50.6 Å². The normalized spacial score (nSPS) is 23.6. The van der Waals surface area contributed by atoms with Crippen molar-refractivity contribution in [3.8, 4) is 5.75 Å². The number of aryl methyl sites for hydroxylation is 2. The lowest BCUT2D eigenvalue weighted by Crippen LogP contribution is -2.46. The van der Waals surface area contributed by atoms with Crippen molar-refractivity contribution < 1.29 is 23.1 Å². The van der Waals surface area contributed by atoms with E-state index < -0.39 is 30.0 Å². The van der Waals surface area contributed by atoms with E-state index in [1.165, 1.54) is 24.0 Å². The molecule has 56 heavy (non-hydrogen) atoms. The van der Waals surface area contributed by atoms with E-state index in [4.69, 9.17) is 21.3 Å². The number of fused-ring (bicyclic) bond motifs is 4. The number of hydrogen-bond donors (Lipinski definition) is 4. The summed E-state index contributed by atoms with van der Waals surface area (Å²) in [6, 6.07) is 6.74. The van der Waals surface area contributed by atoms with E-state index in [9.17, 15) is 14.4 Å². The standard InChI is InChI=1S/C38H40ClF2N11O4/c1-18-16-52(11-10-26(18)44-20-6-7-22-27(13-20)51(3)49-29(22)23-8-9-28(53)46-35(23)54)37-43-15-25(39)33(48-37)45-21-12-24-30-31(36(55)50(2)34(24)42-14-21)56-17-38(40,41)32(47-30)19-4-5-19/h6-7,12-15,18-19,23,26,32,44,47H,4-5,8-11,16-17H2,1-3H3,(H,43,45,48)(H,46,53,54). The molecule has 2 saturated heterocycles. The molecule has 4 unspecified atom stereocenters. The van der Waals surface area contributed by atoms with Crippen molar-refractivity contribution in [2.24, 2.45) is 25.9 Å². The lowest BCUT2D eigenvalue weighted by Gasteiger charge is -2.37. The molecular formula is C38H40ClF2N11O4. The highest BCUT2D eigenvalue weighted by molar-refractivity contribution is 6.33. The first-order chi connectivity index (χ1) is 26.8. The van der Waals surface area contributed by atoms with Crippen LogP contribution in [-0.4, -0.2) is 78.8 Å². The fourth-order valence-corrected chi connectivity index (χ4v) is 8.36. The van der Waals surface area contributed by atoms with Crippen molar-refractivity contribution in [3.05, 3.63) is 57.7 Å². The Morgan fingerprint density at radius 1 is 1.02 bits per heavy atom. The molecule has 4 N–H and O–H groups in total. The number of alkyl halides is 2. The third kappa shape index (κ3) is 6.40. The van der Waals surface area contributed by atoms with Gasteiger partial charge in [-0.2, -0.15) is 10.1 Å². The lowest BCUT2D eigenvalue weighted by molar-refractivity contribution is -0.134. The average Bonchev–Trinajstić information content (AvgIpc) is 3.97. The summed E-state index contributed by atoms with van der Waals surface area (Å²) < 4.78 is 38.8. The molecule has 3 fully saturated rings. The second-order valence-electron chi connectivity index (χ2n) is 15.4. The molecular weight excluding hydrogens is 748 g/mol. The topological polar surface area (TPSA) is 173 Å². The van der Waals surface area contributed by atoms with Gasteiger partial charge in [0.1, 0.15) is 10.7 Å². The van der Waals surface area contributed by atoms with Gasteiger partial charge in [0.25, 0.3) is 5.56 Å². The number of hydrogen-bond acceptors (Lipinski definition) is 12. The largest absolute Gasteiger partial charge is 0.480 e. The number of carbonyl (C=O) groups is 2. The third-order valence-electron chi connectivity index (χ3n) is 11.4. The Bertz CT molecular complexity index is 2490. The number of carbonyl (C=O) groups excluding carboxylic acids is 2. The SMILES string of the molecule is CC1CN(c2ncc(Cl)c(Nc3cnc4c(c3)c3c(c(=O)n4C)OCC(F)(F)C(C4CC4)N3)n2)CCC1Nc1ccc2c(C3CCC(=O)NC3=O)nn(C)c2c1. The molecule has 0 radical (unpaired) electrons. The Morgan fingerprint density at radius 3 is 2.61 bits per heavy atom. The fourth-order valence-electron chi connectivity index (χ4n) is 8.22.